The fourth-order valence-corrected chi connectivity index (χ4v) is 2.76. The van der Waals surface area contributed by atoms with E-state index in [0.29, 0.717) is 12.5 Å². The van der Waals surface area contributed by atoms with E-state index in [9.17, 15) is 4.79 Å². The number of nitrogens with two attached hydrogens (primary N) is 1. The first-order valence-corrected chi connectivity index (χ1v) is 7.37. The molecular weight excluding hydrogens is 248 g/mol. The molecule has 1 fully saturated rings. The zero-order valence-electron chi connectivity index (χ0n) is 11.8. The van der Waals surface area contributed by atoms with Crippen LogP contribution >= 0.6 is 0 Å². The SMILES string of the molecule is NCC(NC(=O)C#Cc1ccccc1)C1CCCCC1. The van der Waals surface area contributed by atoms with Gasteiger partial charge in [-0.3, -0.25) is 4.79 Å². The molecule has 0 saturated heterocycles. The second kappa shape index (κ2) is 7.72. The summed E-state index contributed by atoms with van der Waals surface area (Å²) in [6, 6.07) is 9.59. The molecular formula is C17H22N2O. The van der Waals surface area contributed by atoms with E-state index >= 15 is 0 Å². The largest absolute Gasteiger partial charge is 0.341 e. The summed E-state index contributed by atoms with van der Waals surface area (Å²) in [7, 11) is 0. The average molecular weight is 270 g/mol. The molecule has 20 heavy (non-hydrogen) atoms. The van der Waals surface area contributed by atoms with E-state index in [1.807, 2.05) is 30.3 Å². The first-order valence-electron chi connectivity index (χ1n) is 7.37. The number of carbonyl (C=O) groups excluding carboxylic acids is 1. The van der Waals surface area contributed by atoms with E-state index in [0.717, 1.165) is 18.4 Å². The molecule has 1 atom stereocenters. The number of hydrogen-bond donors (Lipinski definition) is 2. The molecule has 0 bridgehead atoms. The highest BCUT2D eigenvalue weighted by molar-refractivity contribution is 5.94. The van der Waals surface area contributed by atoms with Gasteiger partial charge in [0.15, 0.2) is 0 Å². The Bertz CT molecular complexity index is 481. The lowest BCUT2D eigenvalue weighted by atomic mass is 9.84. The minimum absolute atomic E-state index is 0.0628. The normalized spacial score (nSPS) is 16.9. The highest BCUT2D eigenvalue weighted by Crippen LogP contribution is 2.26. The Hall–Kier alpha value is -1.79. The molecule has 1 aliphatic carbocycles. The van der Waals surface area contributed by atoms with Crippen LogP contribution in [0.15, 0.2) is 30.3 Å². The van der Waals surface area contributed by atoms with Gasteiger partial charge in [-0.05, 0) is 30.9 Å². The van der Waals surface area contributed by atoms with E-state index in [4.69, 9.17) is 5.73 Å². The zero-order valence-corrected chi connectivity index (χ0v) is 11.8. The van der Waals surface area contributed by atoms with Crippen LogP contribution < -0.4 is 11.1 Å². The lowest BCUT2D eigenvalue weighted by Gasteiger charge is -2.29. The van der Waals surface area contributed by atoms with Crippen molar-refractivity contribution < 1.29 is 4.79 Å². The van der Waals surface area contributed by atoms with Crippen LogP contribution in [0.5, 0.6) is 0 Å². The van der Waals surface area contributed by atoms with Crippen molar-refractivity contribution in [2.75, 3.05) is 6.54 Å². The number of carbonyl (C=O) groups is 1. The van der Waals surface area contributed by atoms with Gasteiger partial charge in [0.05, 0.1) is 0 Å². The van der Waals surface area contributed by atoms with E-state index in [2.05, 4.69) is 17.2 Å². The van der Waals surface area contributed by atoms with Gasteiger partial charge in [0.25, 0.3) is 5.91 Å². The van der Waals surface area contributed by atoms with Crippen LogP contribution in [0, 0.1) is 17.8 Å². The second-order valence-corrected chi connectivity index (χ2v) is 5.33. The summed E-state index contributed by atoms with van der Waals surface area (Å²) < 4.78 is 0. The quantitative estimate of drug-likeness (QED) is 0.826. The average Bonchev–Trinajstić information content (AvgIpc) is 2.52. The summed E-state index contributed by atoms with van der Waals surface area (Å²) in [5, 5.41) is 2.97. The van der Waals surface area contributed by atoms with Crippen molar-refractivity contribution >= 4 is 5.91 Å². The molecule has 0 heterocycles. The molecule has 1 saturated carbocycles. The highest BCUT2D eigenvalue weighted by Gasteiger charge is 2.23. The maximum atomic E-state index is 11.9. The zero-order chi connectivity index (χ0) is 14.2. The number of amides is 1. The molecule has 0 aliphatic heterocycles. The minimum Gasteiger partial charge on any atom is -0.341 e. The molecule has 1 aromatic carbocycles. The molecule has 1 aromatic rings. The Morgan fingerprint density at radius 3 is 2.60 bits per heavy atom. The Kier molecular flexibility index (Phi) is 5.64. The minimum atomic E-state index is -0.227. The van der Waals surface area contributed by atoms with Crippen molar-refractivity contribution in [2.45, 2.75) is 38.1 Å². The van der Waals surface area contributed by atoms with E-state index in [1.54, 1.807) is 0 Å². The third-order valence-electron chi connectivity index (χ3n) is 3.88. The lowest BCUT2D eigenvalue weighted by Crippen LogP contribution is -2.45. The topological polar surface area (TPSA) is 55.1 Å². The maximum Gasteiger partial charge on any atom is 0.296 e. The molecule has 106 valence electrons. The van der Waals surface area contributed by atoms with Crippen molar-refractivity contribution in [3.05, 3.63) is 35.9 Å². The molecule has 3 nitrogen and oxygen atoms in total. The molecule has 3 N–H and O–H groups in total. The van der Waals surface area contributed by atoms with Gasteiger partial charge in [-0.1, -0.05) is 43.4 Å². The van der Waals surface area contributed by atoms with Crippen molar-refractivity contribution in [2.24, 2.45) is 11.7 Å². The first-order chi connectivity index (χ1) is 9.79. The molecule has 0 radical (unpaired) electrons. The van der Waals surface area contributed by atoms with Crippen LogP contribution in [-0.4, -0.2) is 18.5 Å². The van der Waals surface area contributed by atoms with E-state index < -0.39 is 0 Å². The van der Waals surface area contributed by atoms with Gasteiger partial charge in [0, 0.05) is 24.1 Å². The summed E-state index contributed by atoms with van der Waals surface area (Å²) in [6.45, 7) is 0.490. The monoisotopic (exact) mass is 270 g/mol. The predicted molar refractivity (Wildman–Crippen MR) is 80.9 cm³/mol. The van der Waals surface area contributed by atoms with Crippen molar-refractivity contribution in [3.8, 4) is 11.8 Å². The van der Waals surface area contributed by atoms with Gasteiger partial charge in [-0.15, -0.1) is 0 Å². The number of hydrogen-bond acceptors (Lipinski definition) is 2. The van der Waals surface area contributed by atoms with Crippen molar-refractivity contribution in [3.63, 3.8) is 0 Å². The fourth-order valence-electron chi connectivity index (χ4n) is 2.76. The maximum absolute atomic E-state index is 11.9. The molecule has 1 aliphatic rings. The Morgan fingerprint density at radius 1 is 1.25 bits per heavy atom. The predicted octanol–water partition coefficient (Wildman–Crippen LogP) is 2.06. The van der Waals surface area contributed by atoms with E-state index in [-0.39, 0.29) is 11.9 Å². The Morgan fingerprint density at radius 2 is 1.95 bits per heavy atom. The van der Waals surface area contributed by atoms with Crippen molar-refractivity contribution in [1.82, 2.24) is 5.32 Å². The highest BCUT2D eigenvalue weighted by atomic mass is 16.1. The third kappa shape index (κ3) is 4.40. The summed E-state index contributed by atoms with van der Waals surface area (Å²) in [6.07, 6.45) is 6.11. The summed E-state index contributed by atoms with van der Waals surface area (Å²) >= 11 is 0. The lowest BCUT2D eigenvalue weighted by molar-refractivity contribution is -0.116. The van der Waals surface area contributed by atoms with Crippen molar-refractivity contribution in [1.29, 1.82) is 0 Å². The third-order valence-corrected chi connectivity index (χ3v) is 3.88. The summed E-state index contributed by atoms with van der Waals surface area (Å²) in [4.78, 5) is 11.9. The van der Waals surface area contributed by atoms with Gasteiger partial charge in [-0.2, -0.15) is 0 Å². The van der Waals surface area contributed by atoms with Gasteiger partial charge < -0.3 is 11.1 Å². The van der Waals surface area contributed by atoms with Crippen LogP contribution in [0.1, 0.15) is 37.7 Å². The van der Waals surface area contributed by atoms with Gasteiger partial charge in [0.2, 0.25) is 0 Å². The first kappa shape index (κ1) is 14.6. The van der Waals surface area contributed by atoms with Crippen LogP contribution in [0.3, 0.4) is 0 Å². The van der Waals surface area contributed by atoms with Crippen LogP contribution in [0.25, 0.3) is 0 Å². The molecule has 2 rings (SSSR count). The van der Waals surface area contributed by atoms with Crippen LogP contribution in [0.2, 0.25) is 0 Å². The van der Waals surface area contributed by atoms with Crippen LogP contribution in [-0.2, 0) is 4.79 Å². The number of rotatable bonds is 3. The smallest absolute Gasteiger partial charge is 0.296 e. The van der Waals surface area contributed by atoms with Crippen LogP contribution in [0.4, 0.5) is 0 Å². The number of benzene rings is 1. The molecule has 0 spiro atoms. The van der Waals surface area contributed by atoms with Gasteiger partial charge >= 0.3 is 0 Å². The Balaban J connectivity index is 1.91. The Labute approximate surface area is 120 Å². The summed E-state index contributed by atoms with van der Waals surface area (Å²) in [5.41, 5.74) is 6.65. The molecule has 1 unspecified atom stereocenters. The summed E-state index contributed by atoms with van der Waals surface area (Å²) in [5.74, 6) is 5.80. The fraction of sp³-hybridized carbons (Fsp3) is 0.471. The molecule has 0 aromatic heterocycles. The van der Waals surface area contributed by atoms with Gasteiger partial charge in [-0.25, -0.2) is 0 Å². The second-order valence-electron chi connectivity index (χ2n) is 5.33. The van der Waals surface area contributed by atoms with Gasteiger partial charge in [0.1, 0.15) is 0 Å². The molecule has 1 amide bonds. The molecule has 3 heteroatoms. The van der Waals surface area contributed by atoms with E-state index in [1.165, 1.54) is 19.3 Å². The standard InChI is InChI=1S/C17H22N2O/c18-13-16(15-9-5-2-6-10-15)19-17(20)12-11-14-7-3-1-4-8-14/h1,3-4,7-8,15-16H,2,5-6,9-10,13,18H2,(H,19,20). The number of nitrogens with one attached hydrogen (secondary N) is 1.